The number of pyridine rings is 1. The minimum absolute atomic E-state index is 0.000619. The topological polar surface area (TPSA) is 51.7 Å². The first-order valence-electron chi connectivity index (χ1n) is 8.10. The van der Waals surface area contributed by atoms with Gasteiger partial charge in [-0.1, -0.05) is 6.07 Å². The zero-order chi connectivity index (χ0) is 17.1. The third-order valence-corrected chi connectivity index (χ3v) is 4.42. The number of hydrogen-bond donors (Lipinski definition) is 0. The average molecular weight is 326 g/mol. The highest BCUT2D eigenvalue weighted by Crippen LogP contribution is 2.39. The van der Waals surface area contributed by atoms with E-state index in [1.165, 1.54) is 0 Å². The molecule has 0 bridgehead atoms. The van der Waals surface area contributed by atoms with E-state index in [4.69, 9.17) is 9.47 Å². The molecule has 0 radical (unpaired) electrons. The number of carbonyl (C=O) groups excluding carboxylic acids is 1. The third-order valence-electron chi connectivity index (χ3n) is 4.42. The molecule has 0 N–H and O–H groups in total. The lowest BCUT2D eigenvalue weighted by molar-refractivity contribution is 0.0728. The molecule has 1 saturated heterocycles. The molecule has 126 valence electrons. The highest BCUT2D eigenvalue weighted by molar-refractivity contribution is 5.92. The van der Waals surface area contributed by atoms with Gasteiger partial charge in [0.05, 0.1) is 20.3 Å². The Hall–Kier alpha value is -2.56. The van der Waals surface area contributed by atoms with E-state index in [0.29, 0.717) is 5.69 Å². The van der Waals surface area contributed by atoms with Crippen molar-refractivity contribution < 1.29 is 14.3 Å². The molecular formula is C19H22N2O3. The SMILES string of the molecule is COc1ccc(C2CCCN2C(=O)c2cccc(C)n2)c(OC)c1. The molecule has 1 aliphatic heterocycles. The molecule has 1 amide bonds. The van der Waals surface area contributed by atoms with Crippen LogP contribution in [-0.4, -0.2) is 36.6 Å². The van der Waals surface area contributed by atoms with Crippen molar-refractivity contribution in [1.82, 2.24) is 9.88 Å². The van der Waals surface area contributed by atoms with Crippen LogP contribution in [0, 0.1) is 6.92 Å². The van der Waals surface area contributed by atoms with E-state index in [0.717, 1.165) is 42.1 Å². The van der Waals surface area contributed by atoms with E-state index in [2.05, 4.69) is 4.98 Å². The second kappa shape index (κ2) is 6.91. The molecule has 1 atom stereocenters. The van der Waals surface area contributed by atoms with E-state index in [1.807, 2.05) is 42.2 Å². The van der Waals surface area contributed by atoms with Gasteiger partial charge in [-0.05, 0) is 44.0 Å². The lowest BCUT2D eigenvalue weighted by Crippen LogP contribution is -2.31. The predicted molar refractivity (Wildman–Crippen MR) is 91.5 cm³/mol. The van der Waals surface area contributed by atoms with Crippen molar-refractivity contribution in [2.24, 2.45) is 0 Å². The van der Waals surface area contributed by atoms with Crippen LogP contribution in [0.5, 0.6) is 11.5 Å². The van der Waals surface area contributed by atoms with Crippen LogP contribution < -0.4 is 9.47 Å². The summed E-state index contributed by atoms with van der Waals surface area (Å²) in [6.45, 7) is 2.62. The first kappa shape index (κ1) is 16.3. The summed E-state index contributed by atoms with van der Waals surface area (Å²) < 4.78 is 10.8. The van der Waals surface area contributed by atoms with E-state index in [1.54, 1.807) is 20.3 Å². The Bertz CT molecular complexity index is 745. The maximum atomic E-state index is 12.9. The predicted octanol–water partition coefficient (Wildman–Crippen LogP) is 3.38. The van der Waals surface area contributed by atoms with Crippen LogP contribution >= 0.6 is 0 Å². The summed E-state index contributed by atoms with van der Waals surface area (Å²) >= 11 is 0. The summed E-state index contributed by atoms with van der Waals surface area (Å²) in [7, 11) is 3.27. The Kier molecular flexibility index (Phi) is 4.69. The zero-order valence-electron chi connectivity index (χ0n) is 14.3. The molecule has 2 aromatic rings. The fourth-order valence-corrected chi connectivity index (χ4v) is 3.24. The summed E-state index contributed by atoms with van der Waals surface area (Å²) in [6.07, 6.45) is 1.89. The normalized spacial score (nSPS) is 17.0. The highest BCUT2D eigenvalue weighted by Gasteiger charge is 2.33. The molecule has 1 aromatic heterocycles. The van der Waals surface area contributed by atoms with Crippen LogP contribution in [0.2, 0.25) is 0 Å². The highest BCUT2D eigenvalue weighted by atomic mass is 16.5. The van der Waals surface area contributed by atoms with Gasteiger partial charge in [0.15, 0.2) is 0 Å². The van der Waals surface area contributed by atoms with Gasteiger partial charge in [0.25, 0.3) is 5.91 Å². The van der Waals surface area contributed by atoms with Gasteiger partial charge in [0, 0.05) is 23.9 Å². The van der Waals surface area contributed by atoms with Crippen LogP contribution in [0.3, 0.4) is 0 Å². The molecule has 5 heteroatoms. The molecule has 1 unspecified atom stereocenters. The molecular weight excluding hydrogens is 304 g/mol. The Morgan fingerprint density at radius 2 is 2.04 bits per heavy atom. The van der Waals surface area contributed by atoms with Crippen molar-refractivity contribution in [1.29, 1.82) is 0 Å². The number of likely N-dealkylation sites (tertiary alicyclic amines) is 1. The number of hydrogen-bond acceptors (Lipinski definition) is 4. The van der Waals surface area contributed by atoms with Gasteiger partial charge in [-0.25, -0.2) is 4.98 Å². The minimum atomic E-state index is -0.0286. The second-order valence-electron chi connectivity index (χ2n) is 5.93. The number of benzene rings is 1. The number of methoxy groups -OCH3 is 2. The Balaban J connectivity index is 1.92. The zero-order valence-corrected chi connectivity index (χ0v) is 14.3. The lowest BCUT2D eigenvalue weighted by Gasteiger charge is -2.26. The molecule has 5 nitrogen and oxygen atoms in total. The fraction of sp³-hybridized carbons (Fsp3) is 0.368. The van der Waals surface area contributed by atoms with Crippen molar-refractivity contribution in [3.63, 3.8) is 0 Å². The minimum Gasteiger partial charge on any atom is -0.497 e. The van der Waals surface area contributed by atoms with Gasteiger partial charge in [-0.3, -0.25) is 4.79 Å². The maximum Gasteiger partial charge on any atom is 0.272 e. The first-order chi connectivity index (χ1) is 11.6. The van der Waals surface area contributed by atoms with E-state index in [9.17, 15) is 4.79 Å². The number of ether oxygens (including phenoxy) is 2. The molecule has 1 aliphatic rings. The summed E-state index contributed by atoms with van der Waals surface area (Å²) in [5.41, 5.74) is 2.35. The van der Waals surface area contributed by atoms with Crippen molar-refractivity contribution in [2.75, 3.05) is 20.8 Å². The maximum absolute atomic E-state index is 12.9. The van der Waals surface area contributed by atoms with Crippen LogP contribution in [0.15, 0.2) is 36.4 Å². The monoisotopic (exact) mass is 326 g/mol. The number of aromatic nitrogens is 1. The van der Waals surface area contributed by atoms with Gasteiger partial charge in [0.2, 0.25) is 0 Å². The molecule has 2 heterocycles. The van der Waals surface area contributed by atoms with E-state index >= 15 is 0 Å². The Morgan fingerprint density at radius 3 is 2.75 bits per heavy atom. The third kappa shape index (κ3) is 3.07. The van der Waals surface area contributed by atoms with Crippen molar-refractivity contribution in [3.05, 3.63) is 53.3 Å². The average Bonchev–Trinajstić information content (AvgIpc) is 3.09. The van der Waals surface area contributed by atoms with Gasteiger partial charge in [-0.2, -0.15) is 0 Å². The van der Waals surface area contributed by atoms with Crippen LogP contribution in [-0.2, 0) is 0 Å². The van der Waals surface area contributed by atoms with Gasteiger partial charge >= 0.3 is 0 Å². The van der Waals surface area contributed by atoms with Gasteiger partial charge < -0.3 is 14.4 Å². The molecule has 24 heavy (non-hydrogen) atoms. The molecule has 0 saturated carbocycles. The largest absolute Gasteiger partial charge is 0.497 e. The molecule has 1 fully saturated rings. The van der Waals surface area contributed by atoms with Crippen LogP contribution in [0.4, 0.5) is 0 Å². The number of carbonyl (C=O) groups is 1. The van der Waals surface area contributed by atoms with E-state index in [-0.39, 0.29) is 11.9 Å². The number of nitrogens with zero attached hydrogens (tertiary/aromatic N) is 2. The Labute approximate surface area is 142 Å². The van der Waals surface area contributed by atoms with Crippen molar-refractivity contribution in [2.45, 2.75) is 25.8 Å². The van der Waals surface area contributed by atoms with Crippen molar-refractivity contribution in [3.8, 4) is 11.5 Å². The number of rotatable bonds is 4. The van der Waals surface area contributed by atoms with Crippen LogP contribution in [0.1, 0.15) is 40.6 Å². The quantitative estimate of drug-likeness (QED) is 0.864. The Morgan fingerprint density at radius 1 is 1.21 bits per heavy atom. The molecule has 0 aliphatic carbocycles. The van der Waals surface area contributed by atoms with E-state index < -0.39 is 0 Å². The van der Waals surface area contributed by atoms with Gasteiger partial charge in [0.1, 0.15) is 17.2 Å². The number of amides is 1. The standard InChI is InChI=1S/C19H22N2O3/c1-13-6-4-7-16(20-13)19(22)21-11-5-8-17(21)15-10-9-14(23-2)12-18(15)24-3/h4,6-7,9-10,12,17H,5,8,11H2,1-3H3. The summed E-state index contributed by atoms with van der Waals surface area (Å²) in [6, 6.07) is 11.3. The number of aryl methyl sites for hydroxylation is 1. The first-order valence-corrected chi connectivity index (χ1v) is 8.10. The van der Waals surface area contributed by atoms with Gasteiger partial charge in [-0.15, -0.1) is 0 Å². The second-order valence-corrected chi connectivity index (χ2v) is 5.93. The smallest absolute Gasteiger partial charge is 0.272 e. The summed E-state index contributed by atoms with van der Waals surface area (Å²) in [4.78, 5) is 19.2. The van der Waals surface area contributed by atoms with Crippen molar-refractivity contribution >= 4 is 5.91 Å². The van der Waals surface area contributed by atoms with Crippen LogP contribution in [0.25, 0.3) is 0 Å². The summed E-state index contributed by atoms with van der Waals surface area (Å²) in [5, 5.41) is 0. The molecule has 3 rings (SSSR count). The fourth-order valence-electron chi connectivity index (χ4n) is 3.24. The lowest BCUT2D eigenvalue weighted by atomic mass is 10.0. The summed E-state index contributed by atoms with van der Waals surface area (Å²) in [5.74, 6) is 1.46. The molecule has 0 spiro atoms. The molecule has 1 aromatic carbocycles.